The highest BCUT2D eigenvalue weighted by molar-refractivity contribution is 9.10. The maximum atomic E-state index is 12.9. The summed E-state index contributed by atoms with van der Waals surface area (Å²) in [5, 5.41) is 8.72. The Kier molecular flexibility index (Phi) is 8.12. The fourth-order valence-corrected chi connectivity index (χ4v) is 4.57. The van der Waals surface area contributed by atoms with Gasteiger partial charge in [-0.3, -0.25) is 14.5 Å². The molecule has 0 saturated carbocycles. The molecule has 0 radical (unpaired) electrons. The van der Waals surface area contributed by atoms with Crippen LogP contribution in [0.3, 0.4) is 0 Å². The van der Waals surface area contributed by atoms with Crippen molar-refractivity contribution in [2.75, 3.05) is 6.61 Å². The van der Waals surface area contributed by atoms with Gasteiger partial charge in [0, 0.05) is 4.47 Å². The predicted octanol–water partition coefficient (Wildman–Crippen LogP) is 6.36. The van der Waals surface area contributed by atoms with E-state index in [9.17, 15) is 14.4 Å². The lowest BCUT2D eigenvalue weighted by molar-refractivity contribution is -0.123. The Morgan fingerprint density at radius 2 is 1.67 bits per heavy atom. The zero-order chi connectivity index (χ0) is 25.7. The van der Waals surface area contributed by atoms with E-state index in [4.69, 9.17) is 14.6 Å². The first-order valence-corrected chi connectivity index (χ1v) is 12.7. The number of hydrogen-bond acceptors (Lipinski definition) is 6. The summed E-state index contributed by atoms with van der Waals surface area (Å²) in [6.45, 7) is 2.71. The number of halogens is 1. The van der Waals surface area contributed by atoms with Gasteiger partial charge >= 0.3 is 5.97 Å². The molecule has 3 aromatic rings. The number of imide groups is 1. The summed E-state index contributed by atoms with van der Waals surface area (Å²) < 4.78 is 12.6. The Morgan fingerprint density at radius 1 is 0.972 bits per heavy atom. The van der Waals surface area contributed by atoms with Crippen LogP contribution in [-0.4, -0.2) is 33.7 Å². The predicted molar refractivity (Wildman–Crippen MR) is 141 cm³/mol. The normalized spacial score (nSPS) is 14.4. The number of amides is 2. The summed E-state index contributed by atoms with van der Waals surface area (Å²) in [4.78, 5) is 38.0. The number of nitrogens with zero attached hydrogens (tertiary/aromatic N) is 1. The molecule has 9 heteroatoms. The highest BCUT2D eigenvalue weighted by Crippen LogP contribution is 2.35. The van der Waals surface area contributed by atoms with Gasteiger partial charge in [-0.05, 0) is 77.9 Å². The molecule has 1 N–H and O–H groups in total. The van der Waals surface area contributed by atoms with Crippen LogP contribution in [0.4, 0.5) is 4.79 Å². The summed E-state index contributed by atoms with van der Waals surface area (Å²) in [6, 6.07) is 19.2. The second kappa shape index (κ2) is 11.5. The first-order chi connectivity index (χ1) is 17.3. The molecule has 4 rings (SSSR count). The lowest BCUT2D eigenvalue weighted by Gasteiger charge is -2.13. The van der Waals surface area contributed by atoms with E-state index in [1.807, 2.05) is 31.2 Å². The Balaban J connectivity index is 1.48. The standard InChI is InChI=1S/C27H22BrNO6S/c1-2-34-23-13-19(7-12-22(23)35-16-18-3-8-20(9-4-18)26(31)32)14-24-25(30)29(27(33)36-24)15-17-5-10-21(28)11-6-17/h3-14H,2,15-16H2,1H3,(H,31,32)/b24-14-. The van der Waals surface area contributed by atoms with Crippen LogP contribution in [0.1, 0.15) is 34.0 Å². The molecular weight excluding hydrogens is 546 g/mol. The van der Waals surface area contributed by atoms with Crippen LogP contribution in [0.15, 0.2) is 76.1 Å². The van der Waals surface area contributed by atoms with Crippen molar-refractivity contribution in [2.24, 2.45) is 0 Å². The molecule has 0 bridgehead atoms. The number of rotatable bonds is 9. The average molecular weight is 568 g/mol. The molecule has 0 unspecified atom stereocenters. The molecule has 2 amide bonds. The SMILES string of the molecule is CCOc1cc(/C=C2\SC(=O)N(Cc3ccc(Br)cc3)C2=O)ccc1OCc1ccc(C(=O)O)cc1. The van der Waals surface area contributed by atoms with Gasteiger partial charge in [0.1, 0.15) is 6.61 Å². The van der Waals surface area contributed by atoms with Gasteiger partial charge in [0.05, 0.1) is 23.6 Å². The van der Waals surface area contributed by atoms with Gasteiger partial charge in [-0.1, -0.05) is 46.3 Å². The van der Waals surface area contributed by atoms with Crippen LogP contribution >= 0.6 is 27.7 Å². The number of carboxylic acid groups (broad SMARTS) is 1. The molecule has 1 aliphatic rings. The van der Waals surface area contributed by atoms with Gasteiger partial charge < -0.3 is 14.6 Å². The molecule has 184 valence electrons. The Hall–Kier alpha value is -3.56. The molecule has 1 heterocycles. The maximum Gasteiger partial charge on any atom is 0.335 e. The lowest BCUT2D eigenvalue weighted by atomic mass is 10.1. The zero-order valence-corrected chi connectivity index (χ0v) is 21.7. The van der Waals surface area contributed by atoms with Crippen molar-refractivity contribution in [3.8, 4) is 11.5 Å². The van der Waals surface area contributed by atoms with Crippen molar-refractivity contribution in [2.45, 2.75) is 20.1 Å². The fourth-order valence-electron chi connectivity index (χ4n) is 3.47. The summed E-state index contributed by atoms with van der Waals surface area (Å²) >= 11 is 4.29. The van der Waals surface area contributed by atoms with Crippen molar-refractivity contribution in [3.63, 3.8) is 0 Å². The maximum absolute atomic E-state index is 12.9. The molecule has 0 atom stereocenters. The van der Waals surface area contributed by atoms with Crippen LogP contribution in [0.2, 0.25) is 0 Å². The highest BCUT2D eigenvalue weighted by atomic mass is 79.9. The van der Waals surface area contributed by atoms with Crippen molar-refractivity contribution >= 4 is 50.9 Å². The van der Waals surface area contributed by atoms with Crippen molar-refractivity contribution in [1.82, 2.24) is 4.90 Å². The van der Waals surface area contributed by atoms with Crippen molar-refractivity contribution in [3.05, 3.63) is 98.4 Å². The van der Waals surface area contributed by atoms with Crippen LogP contribution < -0.4 is 9.47 Å². The van der Waals surface area contributed by atoms with Gasteiger partial charge in [-0.25, -0.2) is 4.79 Å². The first-order valence-electron chi connectivity index (χ1n) is 11.1. The van der Waals surface area contributed by atoms with Crippen molar-refractivity contribution < 1.29 is 29.0 Å². The monoisotopic (exact) mass is 567 g/mol. The number of carboxylic acids is 1. The van der Waals surface area contributed by atoms with Gasteiger partial charge in [-0.2, -0.15) is 0 Å². The number of carbonyl (C=O) groups is 3. The minimum atomic E-state index is -0.983. The number of aromatic carboxylic acids is 1. The van der Waals surface area contributed by atoms with Gasteiger partial charge in [0.15, 0.2) is 11.5 Å². The molecule has 1 saturated heterocycles. The third kappa shape index (κ3) is 6.16. The Labute approximate surface area is 220 Å². The van der Waals surface area contributed by atoms with Crippen LogP contribution in [-0.2, 0) is 17.9 Å². The molecular formula is C27H22BrNO6S. The zero-order valence-electron chi connectivity index (χ0n) is 19.3. The molecule has 1 fully saturated rings. The molecule has 36 heavy (non-hydrogen) atoms. The van der Waals surface area contributed by atoms with Crippen LogP contribution in [0.25, 0.3) is 6.08 Å². The third-order valence-corrected chi connectivity index (χ3v) is 6.72. The topological polar surface area (TPSA) is 93.1 Å². The average Bonchev–Trinajstić information content (AvgIpc) is 3.12. The summed E-state index contributed by atoms with van der Waals surface area (Å²) in [6.07, 6.45) is 1.67. The van der Waals surface area contributed by atoms with E-state index in [-0.39, 0.29) is 29.9 Å². The minimum absolute atomic E-state index is 0.208. The Morgan fingerprint density at radius 3 is 2.33 bits per heavy atom. The van der Waals surface area contributed by atoms with Crippen LogP contribution in [0.5, 0.6) is 11.5 Å². The highest BCUT2D eigenvalue weighted by Gasteiger charge is 2.35. The summed E-state index contributed by atoms with van der Waals surface area (Å²) in [5.41, 5.74) is 2.58. The molecule has 7 nitrogen and oxygen atoms in total. The molecule has 0 aliphatic carbocycles. The molecule has 0 aromatic heterocycles. The Bertz CT molecular complexity index is 1320. The number of benzene rings is 3. The van der Waals surface area contributed by atoms with E-state index in [1.54, 1.807) is 36.4 Å². The number of carbonyl (C=O) groups excluding carboxylic acids is 2. The van der Waals surface area contributed by atoms with Crippen molar-refractivity contribution in [1.29, 1.82) is 0 Å². The van der Waals surface area contributed by atoms with Crippen LogP contribution in [0, 0.1) is 0 Å². The first kappa shape index (κ1) is 25.5. The van der Waals surface area contributed by atoms with E-state index in [1.165, 1.54) is 17.0 Å². The van der Waals surface area contributed by atoms with Gasteiger partial charge in [0.2, 0.25) is 0 Å². The quantitative estimate of drug-likeness (QED) is 0.300. The largest absolute Gasteiger partial charge is 0.490 e. The van der Waals surface area contributed by atoms with E-state index < -0.39 is 5.97 Å². The van der Waals surface area contributed by atoms with Gasteiger partial charge in [0.25, 0.3) is 11.1 Å². The molecule has 1 aliphatic heterocycles. The number of ether oxygens (including phenoxy) is 2. The van der Waals surface area contributed by atoms with E-state index >= 15 is 0 Å². The second-order valence-electron chi connectivity index (χ2n) is 7.82. The minimum Gasteiger partial charge on any atom is -0.490 e. The number of hydrogen-bond donors (Lipinski definition) is 1. The van der Waals surface area contributed by atoms with E-state index in [0.29, 0.717) is 28.6 Å². The lowest BCUT2D eigenvalue weighted by Crippen LogP contribution is -2.27. The van der Waals surface area contributed by atoms with E-state index in [0.717, 1.165) is 27.4 Å². The van der Waals surface area contributed by atoms with E-state index in [2.05, 4.69) is 15.9 Å². The number of thioether (sulfide) groups is 1. The summed E-state index contributed by atoms with van der Waals surface area (Å²) in [7, 11) is 0. The fraction of sp³-hybridized carbons (Fsp3) is 0.148. The second-order valence-corrected chi connectivity index (χ2v) is 9.73. The summed E-state index contributed by atoms with van der Waals surface area (Å²) in [5.74, 6) is -0.305. The third-order valence-electron chi connectivity index (χ3n) is 5.29. The van der Waals surface area contributed by atoms with Gasteiger partial charge in [-0.15, -0.1) is 0 Å². The smallest absolute Gasteiger partial charge is 0.335 e. The molecule has 0 spiro atoms. The molecule has 3 aromatic carbocycles.